The topological polar surface area (TPSA) is 70.6 Å². The predicted octanol–water partition coefficient (Wildman–Crippen LogP) is 3.04. The zero-order valence-electron chi connectivity index (χ0n) is 13.4. The van der Waals surface area contributed by atoms with Crippen LogP contribution in [0.2, 0.25) is 0 Å². The highest BCUT2D eigenvalue weighted by Gasteiger charge is 2.12. The zero-order chi connectivity index (χ0) is 17.5. The molecule has 0 aliphatic rings. The van der Waals surface area contributed by atoms with Crippen LogP contribution < -0.4 is 10.7 Å². The minimum absolute atomic E-state index is 0.324. The number of anilines is 1. The Morgan fingerprint density at radius 3 is 2.21 bits per heavy atom. The van der Waals surface area contributed by atoms with Crippen molar-refractivity contribution in [2.24, 2.45) is 5.10 Å². The highest BCUT2D eigenvalue weighted by Crippen LogP contribution is 2.13. The molecule has 0 spiro atoms. The van der Waals surface area contributed by atoms with Gasteiger partial charge < -0.3 is 5.32 Å². The summed E-state index contributed by atoms with van der Waals surface area (Å²) in [6.07, 6.45) is 1.45. The molecule has 0 radical (unpaired) electrons. The standard InChI is InChI=1S/C18H18FN3O2/c1-12(2)14-5-3-13(4-6-14)11-20-22-18(24)17(23)21-16-9-7-15(19)8-10-16/h3-12H,1-2H3,(H,21,23)(H,22,24)/b20-11-. The summed E-state index contributed by atoms with van der Waals surface area (Å²) in [6.45, 7) is 4.20. The maximum atomic E-state index is 12.8. The molecular weight excluding hydrogens is 309 g/mol. The van der Waals surface area contributed by atoms with Crippen LogP contribution in [-0.4, -0.2) is 18.0 Å². The first-order chi connectivity index (χ1) is 11.5. The molecule has 0 aromatic heterocycles. The molecular formula is C18H18FN3O2. The number of carbonyl (C=O) groups is 2. The molecule has 0 unspecified atom stereocenters. The third-order valence-electron chi connectivity index (χ3n) is 3.29. The third-order valence-corrected chi connectivity index (χ3v) is 3.29. The van der Waals surface area contributed by atoms with Crippen LogP contribution in [0.5, 0.6) is 0 Å². The largest absolute Gasteiger partial charge is 0.329 e. The first kappa shape index (κ1) is 17.3. The first-order valence-corrected chi connectivity index (χ1v) is 7.45. The van der Waals surface area contributed by atoms with Gasteiger partial charge >= 0.3 is 11.8 Å². The van der Waals surface area contributed by atoms with Crippen LogP contribution in [0.3, 0.4) is 0 Å². The van der Waals surface area contributed by atoms with Crippen molar-refractivity contribution in [3.05, 3.63) is 65.5 Å². The molecule has 0 heterocycles. The Bertz CT molecular complexity index is 738. The lowest BCUT2D eigenvalue weighted by Crippen LogP contribution is -2.32. The minimum atomic E-state index is -0.908. The Hall–Kier alpha value is -3.02. The Morgan fingerprint density at radius 1 is 1.00 bits per heavy atom. The number of halogens is 1. The summed E-state index contributed by atoms with van der Waals surface area (Å²) >= 11 is 0. The highest BCUT2D eigenvalue weighted by molar-refractivity contribution is 6.39. The number of carbonyl (C=O) groups excluding carboxylic acids is 2. The van der Waals surface area contributed by atoms with Gasteiger partial charge in [-0.15, -0.1) is 0 Å². The van der Waals surface area contributed by atoms with Crippen molar-refractivity contribution >= 4 is 23.7 Å². The van der Waals surface area contributed by atoms with Crippen molar-refractivity contribution < 1.29 is 14.0 Å². The van der Waals surface area contributed by atoms with Gasteiger partial charge in [-0.2, -0.15) is 5.10 Å². The summed E-state index contributed by atoms with van der Waals surface area (Å²) in [5.74, 6) is -1.78. The van der Waals surface area contributed by atoms with E-state index in [1.165, 1.54) is 36.0 Å². The SMILES string of the molecule is CC(C)c1ccc(/C=N\NC(=O)C(=O)Nc2ccc(F)cc2)cc1. The fourth-order valence-corrected chi connectivity index (χ4v) is 1.90. The Labute approximate surface area is 139 Å². The van der Waals surface area contributed by atoms with E-state index in [9.17, 15) is 14.0 Å². The molecule has 0 saturated heterocycles. The Balaban J connectivity index is 1.87. The van der Waals surface area contributed by atoms with E-state index in [1.807, 2.05) is 24.3 Å². The van der Waals surface area contributed by atoms with E-state index in [-0.39, 0.29) is 0 Å². The van der Waals surface area contributed by atoms with Crippen molar-refractivity contribution in [2.45, 2.75) is 19.8 Å². The van der Waals surface area contributed by atoms with Gasteiger partial charge in [0.2, 0.25) is 0 Å². The molecule has 0 bridgehead atoms. The fourth-order valence-electron chi connectivity index (χ4n) is 1.90. The van der Waals surface area contributed by atoms with Crippen LogP contribution in [0.25, 0.3) is 0 Å². The summed E-state index contributed by atoms with van der Waals surface area (Å²) in [4.78, 5) is 23.3. The maximum absolute atomic E-state index is 12.8. The van der Waals surface area contributed by atoms with E-state index in [1.54, 1.807) is 0 Å². The highest BCUT2D eigenvalue weighted by atomic mass is 19.1. The summed E-state index contributed by atoms with van der Waals surface area (Å²) in [7, 11) is 0. The van der Waals surface area contributed by atoms with Crippen LogP contribution in [0.4, 0.5) is 10.1 Å². The molecule has 124 valence electrons. The molecule has 0 aliphatic heterocycles. The lowest BCUT2D eigenvalue weighted by atomic mass is 10.0. The van der Waals surface area contributed by atoms with Gasteiger partial charge in [-0.1, -0.05) is 38.1 Å². The Kier molecular flexibility index (Phi) is 5.78. The normalized spacial score (nSPS) is 10.8. The summed E-state index contributed by atoms with van der Waals surface area (Å²) in [5.41, 5.74) is 4.48. The predicted molar refractivity (Wildman–Crippen MR) is 91.3 cm³/mol. The molecule has 2 aromatic carbocycles. The average molecular weight is 327 g/mol. The van der Waals surface area contributed by atoms with Gasteiger partial charge in [0.15, 0.2) is 0 Å². The van der Waals surface area contributed by atoms with E-state index in [0.717, 1.165) is 5.56 Å². The van der Waals surface area contributed by atoms with E-state index in [0.29, 0.717) is 11.6 Å². The fraction of sp³-hybridized carbons (Fsp3) is 0.167. The van der Waals surface area contributed by atoms with Crippen molar-refractivity contribution in [2.75, 3.05) is 5.32 Å². The molecule has 0 aliphatic carbocycles. The second-order valence-corrected chi connectivity index (χ2v) is 5.48. The molecule has 0 fully saturated rings. The molecule has 2 N–H and O–H groups in total. The van der Waals surface area contributed by atoms with Crippen LogP contribution >= 0.6 is 0 Å². The molecule has 24 heavy (non-hydrogen) atoms. The minimum Gasteiger partial charge on any atom is -0.318 e. The smallest absolute Gasteiger partial charge is 0.318 e. The molecule has 0 atom stereocenters. The molecule has 2 aromatic rings. The zero-order valence-corrected chi connectivity index (χ0v) is 13.4. The van der Waals surface area contributed by atoms with E-state index in [2.05, 4.69) is 29.7 Å². The summed E-state index contributed by atoms with van der Waals surface area (Å²) in [6, 6.07) is 12.8. The van der Waals surface area contributed by atoms with Crippen LogP contribution in [-0.2, 0) is 9.59 Å². The van der Waals surface area contributed by atoms with Crippen LogP contribution in [0, 0.1) is 5.82 Å². The summed E-state index contributed by atoms with van der Waals surface area (Å²) in [5, 5.41) is 6.09. The van der Waals surface area contributed by atoms with E-state index >= 15 is 0 Å². The number of nitrogens with one attached hydrogen (secondary N) is 2. The van der Waals surface area contributed by atoms with Gasteiger partial charge in [-0.3, -0.25) is 9.59 Å². The second-order valence-electron chi connectivity index (χ2n) is 5.48. The number of hydrazone groups is 1. The van der Waals surface area contributed by atoms with Crippen molar-refractivity contribution in [3.63, 3.8) is 0 Å². The third kappa shape index (κ3) is 5.01. The van der Waals surface area contributed by atoms with Crippen molar-refractivity contribution in [3.8, 4) is 0 Å². The van der Waals surface area contributed by atoms with Gasteiger partial charge in [0.05, 0.1) is 6.21 Å². The van der Waals surface area contributed by atoms with Gasteiger partial charge in [-0.25, -0.2) is 9.82 Å². The molecule has 0 saturated carbocycles. The lowest BCUT2D eigenvalue weighted by molar-refractivity contribution is -0.136. The number of hydrogen-bond donors (Lipinski definition) is 2. The monoisotopic (exact) mass is 327 g/mol. The maximum Gasteiger partial charge on any atom is 0.329 e. The van der Waals surface area contributed by atoms with Crippen LogP contribution in [0.1, 0.15) is 30.9 Å². The molecule has 6 heteroatoms. The molecule has 2 amide bonds. The number of hydrogen-bond acceptors (Lipinski definition) is 3. The van der Waals surface area contributed by atoms with E-state index < -0.39 is 17.6 Å². The number of amides is 2. The quantitative estimate of drug-likeness (QED) is 0.515. The molecule has 2 rings (SSSR count). The second kappa shape index (κ2) is 8.01. The number of nitrogens with zero attached hydrogens (tertiary/aromatic N) is 1. The van der Waals surface area contributed by atoms with E-state index in [4.69, 9.17) is 0 Å². The lowest BCUT2D eigenvalue weighted by Gasteiger charge is -2.05. The van der Waals surface area contributed by atoms with Crippen LogP contribution in [0.15, 0.2) is 53.6 Å². The summed E-state index contributed by atoms with van der Waals surface area (Å²) < 4.78 is 12.8. The van der Waals surface area contributed by atoms with Gasteiger partial charge in [-0.05, 0) is 41.3 Å². The van der Waals surface area contributed by atoms with Crippen molar-refractivity contribution in [1.29, 1.82) is 0 Å². The van der Waals surface area contributed by atoms with Crippen molar-refractivity contribution in [1.82, 2.24) is 5.43 Å². The first-order valence-electron chi connectivity index (χ1n) is 7.45. The Morgan fingerprint density at radius 2 is 1.62 bits per heavy atom. The van der Waals surface area contributed by atoms with Gasteiger partial charge in [0.1, 0.15) is 5.82 Å². The molecule has 5 nitrogen and oxygen atoms in total. The number of rotatable bonds is 4. The number of benzene rings is 2. The average Bonchev–Trinajstić information content (AvgIpc) is 2.57. The van der Waals surface area contributed by atoms with Gasteiger partial charge in [0.25, 0.3) is 0 Å². The van der Waals surface area contributed by atoms with Gasteiger partial charge in [0, 0.05) is 5.69 Å².